The van der Waals surface area contributed by atoms with E-state index in [1.54, 1.807) is 0 Å². The van der Waals surface area contributed by atoms with Gasteiger partial charge in [0.2, 0.25) is 0 Å². The number of carbonyl (C=O) groups excluding carboxylic acids is 1. The second kappa shape index (κ2) is 5.12. The third-order valence-electron chi connectivity index (χ3n) is 2.87. The van der Waals surface area contributed by atoms with E-state index in [9.17, 15) is 4.79 Å². The van der Waals surface area contributed by atoms with Gasteiger partial charge < -0.3 is 0 Å². The summed E-state index contributed by atoms with van der Waals surface area (Å²) in [5.41, 5.74) is 3.72. The topological polar surface area (TPSA) is 47.8 Å². The van der Waals surface area contributed by atoms with Crippen LogP contribution >= 0.6 is 0 Å². The Kier molecular flexibility index (Phi) is 3.55. The van der Waals surface area contributed by atoms with Gasteiger partial charge in [0.25, 0.3) is 0 Å². The first kappa shape index (κ1) is 12.5. The Morgan fingerprint density at radius 1 is 1.39 bits per heavy atom. The minimum absolute atomic E-state index is 0.227. The van der Waals surface area contributed by atoms with Gasteiger partial charge in [-0.1, -0.05) is 48.9 Å². The molecule has 4 nitrogen and oxygen atoms in total. The summed E-state index contributed by atoms with van der Waals surface area (Å²) < 4.78 is 1.81. The summed E-state index contributed by atoms with van der Waals surface area (Å²) in [6, 6.07) is 8.26. The van der Waals surface area contributed by atoms with Crippen molar-refractivity contribution in [3.63, 3.8) is 0 Å². The van der Waals surface area contributed by atoms with Crippen LogP contribution in [-0.4, -0.2) is 21.3 Å². The molecule has 0 unspecified atom stereocenters. The number of carbonyl (C=O) groups is 1. The standard InChI is InChI=1S/C14H17N3O/c1-10(2)14-13(9-18)15-16-17(14)8-12-6-4-5-11(3)7-12/h4-7,9-10H,8H2,1-3H3. The fourth-order valence-electron chi connectivity index (χ4n) is 2.11. The molecule has 0 atom stereocenters. The first-order valence-electron chi connectivity index (χ1n) is 6.06. The molecule has 0 spiro atoms. The summed E-state index contributed by atoms with van der Waals surface area (Å²) in [6.45, 7) is 6.79. The molecule has 0 saturated carbocycles. The van der Waals surface area contributed by atoms with Crippen molar-refractivity contribution < 1.29 is 4.79 Å². The maximum atomic E-state index is 10.9. The summed E-state index contributed by atoms with van der Waals surface area (Å²) in [7, 11) is 0. The summed E-state index contributed by atoms with van der Waals surface area (Å²) in [5, 5.41) is 7.99. The molecule has 0 aliphatic carbocycles. The Morgan fingerprint density at radius 3 is 2.78 bits per heavy atom. The number of hydrogen-bond acceptors (Lipinski definition) is 3. The maximum Gasteiger partial charge on any atom is 0.172 e. The van der Waals surface area contributed by atoms with Crippen molar-refractivity contribution in [3.05, 3.63) is 46.8 Å². The maximum absolute atomic E-state index is 10.9. The molecule has 1 aromatic heterocycles. The molecule has 0 N–H and O–H groups in total. The minimum atomic E-state index is 0.227. The average molecular weight is 243 g/mol. The van der Waals surface area contributed by atoms with Gasteiger partial charge in [-0.2, -0.15) is 0 Å². The van der Waals surface area contributed by atoms with Crippen molar-refractivity contribution in [3.8, 4) is 0 Å². The highest BCUT2D eigenvalue weighted by Gasteiger charge is 2.15. The number of hydrogen-bond donors (Lipinski definition) is 0. The number of rotatable bonds is 4. The zero-order valence-electron chi connectivity index (χ0n) is 10.9. The van der Waals surface area contributed by atoms with E-state index in [1.165, 1.54) is 11.1 Å². The van der Waals surface area contributed by atoms with Crippen LogP contribution in [0.25, 0.3) is 0 Å². The number of aryl methyl sites for hydroxylation is 1. The predicted molar refractivity (Wildman–Crippen MR) is 69.8 cm³/mol. The van der Waals surface area contributed by atoms with Crippen LogP contribution in [0.15, 0.2) is 24.3 Å². The van der Waals surface area contributed by atoms with Crippen molar-refractivity contribution in [2.24, 2.45) is 0 Å². The molecule has 0 saturated heterocycles. The lowest BCUT2D eigenvalue weighted by molar-refractivity contribution is 0.111. The quantitative estimate of drug-likeness (QED) is 0.775. The molecule has 0 bridgehead atoms. The van der Waals surface area contributed by atoms with Crippen LogP contribution in [0, 0.1) is 6.92 Å². The fraction of sp³-hybridized carbons (Fsp3) is 0.357. The highest BCUT2D eigenvalue weighted by molar-refractivity contribution is 5.73. The van der Waals surface area contributed by atoms with E-state index in [0.29, 0.717) is 12.2 Å². The van der Waals surface area contributed by atoms with Crippen LogP contribution in [0.4, 0.5) is 0 Å². The lowest BCUT2D eigenvalue weighted by Crippen LogP contribution is -2.09. The normalized spacial score (nSPS) is 10.9. The van der Waals surface area contributed by atoms with E-state index in [1.807, 2.05) is 24.6 Å². The number of nitrogens with zero attached hydrogens (tertiary/aromatic N) is 3. The first-order valence-corrected chi connectivity index (χ1v) is 6.06. The molecule has 1 aromatic carbocycles. The summed E-state index contributed by atoms with van der Waals surface area (Å²) >= 11 is 0. The minimum Gasteiger partial charge on any atom is -0.296 e. The van der Waals surface area contributed by atoms with Crippen molar-refractivity contribution >= 4 is 6.29 Å². The molecule has 0 radical (unpaired) electrons. The van der Waals surface area contributed by atoms with Crippen LogP contribution in [0.5, 0.6) is 0 Å². The van der Waals surface area contributed by atoms with E-state index in [0.717, 1.165) is 12.0 Å². The third-order valence-corrected chi connectivity index (χ3v) is 2.87. The Labute approximate surface area is 107 Å². The largest absolute Gasteiger partial charge is 0.296 e. The van der Waals surface area contributed by atoms with Crippen LogP contribution in [-0.2, 0) is 6.54 Å². The van der Waals surface area contributed by atoms with Gasteiger partial charge in [-0.05, 0) is 18.4 Å². The van der Waals surface area contributed by atoms with Crippen molar-refractivity contribution in [2.75, 3.05) is 0 Å². The highest BCUT2D eigenvalue weighted by atomic mass is 16.1. The number of benzene rings is 1. The molecule has 94 valence electrons. The summed E-state index contributed by atoms with van der Waals surface area (Å²) in [5.74, 6) is 0.227. The van der Waals surface area contributed by atoms with E-state index in [-0.39, 0.29) is 5.92 Å². The monoisotopic (exact) mass is 243 g/mol. The van der Waals surface area contributed by atoms with Gasteiger partial charge in [0.1, 0.15) is 5.69 Å². The Balaban J connectivity index is 2.34. The van der Waals surface area contributed by atoms with Gasteiger partial charge in [0.15, 0.2) is 6.29 Å². The van der Waals surface area contributed by atoms with E-state index in [2.05, 4.69) is 35.4 Å². The van der Waals surface area contributed by atoms with Crippen molar-refractivity contribution in [2.45, 2.75) is 33.2 Å². The summed E-state index contributed by atoms with van der Waals surface area (Å²) in [4.78, 5) is 10.9. The highest BCUT2D eigenvalue weighted by Crippen LogP contribution is 2.17. The molecule has 1 heterocycles. The smallest absolute Gasteiger partial charge is 0.172 e. The van der Waals surface area contributed by atoms with Crippen LogP contribution < -0.4 is 0 Å². The lowest BCUT2D eigenvalue weighted by Gasteiger charge is -2.10. The van der Waals surface area contributed by atoms with E-state index in [4.69, 9.17) is 0 Å². The SMILES string of the molecule is Cc1cccc(Cn2nnc(C=O)c2C(C)C)c1. The molecule has 2 aromatic rings. The van der Waals surface area contributed by atoms with Crippen molar-refractivity contribution in [1.82, 2.24) is 15.0 Å². The Hall–Kier alpha value is -1.97. The van der Waals surface area contributed by atoms with Gasteiger partial charge in [0.05, 0.1) is 12.2 Å². The van der Waals surface area contributed by atoms with Gasteiger partial charge >= 0.3 is 0 Å². The first-order chi connectivity index (χ1) is 8.61. The number of aldehydes is 1. The molecule has 0 aliphatic rings. The third kappa shape index (κ3) is 2.47. The van der Waals surface area contributed by atoms with Gasteiger partial charge in [0, 0.05) is 0 Å². The van der Waals surface area contributed by atoms with Gasteiger partial charge in [-0.3, -0.25) is 4.79 Å². The van der Waals surface area contributed by atoms with E-state index < -0.39 is 0 Å². The zero-order valence-corrected chi connectivity index (χ0v) is 10.9. The molecule has 0 aliphatic heterocycles. The molecule has 2 rings (SSSR count). The molecular formula is C14H17N3O. The molecular weight excluding hydrogens is 226 g/mol. The lowest BCUT2D eigenvalue weighted by atomic mass is 10.1. The van der Waals surface area contributed by atoms with Crippen molar-refractivity contribution in [1.29, 1.82) is 0 Å². The number of aromatic nitrogens is 3. The van der Waals surface area contributed by atoms with Gasteiger partial charge in [-0.15, -0.1) is 5.10 Å². The summed E-state index contributed by atoms with van der Waals surface area (Å²) in [6.07, 6.45) is 0.773. The second-order valence-electron chi connectivity index (χ2n) is 4.78. The van der Waals surface area contributed by atoms with Crippen LogP contribution in [0.1, 0.15) is 47.1 Å². The molecule has 18 heavy (non-hydrogen) atoms. The zero-order chi connectivity index (χ0) is 13.1. The molecule has 4 heteroatoms. The Morgan fingerprint density at radius 2 is 2.17 bits per heavy atom. The van der Waals surface area contributed by atoms with Crippen LogP contribution in [0.2, 0.25) is 0 Å². The second-order valence-corrected chi connectivity index (χ2v) is 4.78. The molecule has 0 fully saturated rings. The predicted octanol–water partition coefficient (Wildman–Crippen LogP) is 2.57. The average Bonchev–Trinajstić information content (AvgIpc) is 2.72. The fourth-order valence-corrected chi connectivity index (χ4v) is 2.11. The molecule has 0 amide bonds. The van der Waals surface area contributed by atoms with Gasteiger partial charge in [-0.25, -0.2) is 4.68 Å². The van der Waals surface area contributed by atoms with Crippen LogP contribution in [0.3, 0.4) is 0 Å². The Bertz CT molecular complexity index is 558. The van der Waals surface area contributed by atoms with E-state index >= 15 is 0 Å².